The molecule has 0 aromatic heterocycles. The third-order valence-electron chi connectivity index (χ3n) is 4.25. The molecule has 1 N–H and O–H groups in total. The van der Waals surface area contributed by atoms with Crippen LogP contribution in [0.15, 0.2) is 36.4 Å². The molecule has 0 saturated heterocycles. The van der Waals surface area contributed by atoms with Crippen molar-refractivity contribution in [3.8, 4) is 11.5 Å². The Balaban J connectivity index is 1.98. The number of hydrogen-bond acceptors (Lipinski definition) is 4. The van der Waals surface area contributed by atoms with Gasteiger partial charge in [-0.15, -0.1) is 0 Å². The first-order valence-corrected chi connectivity index (χ1v) is 9.28. The Morgan fingerprint density at radius 3 is 2.54 bits per heavy atom. The van der Waals surface area contributed by atoms with Gasteiger partial charge < -0.3 is 19.7 Å². The van der Waals surface area contributed by atoms with Crippen LogP contribution in [-0.4, -0.2) is 39.2 Å². The van der Waals surface area contributed by atoms with Crippen molar-refractivity contribution in [1.82, 2.24) is 10.2 Å². The van der Waals surface area contributed by atoms with Crippen molar-refractivity contribution in [3.63, 3.8) is 0 Å². The molecule has 0 aliphatic rings. The molecule has 0 radical (unpaired) electrons. The molecule has 4 nitrogen and oxygen atoms in total. The number of halogens is 1. The number of benzene rings is 2. The van der Waals surface area contributed by atoms with Crippen molar-refractivity contribution >= 4 is 11.6 Å². The maximum Gasteiger partial charge on any atom is 0.163 e. The molecule has 0 spiro atoms. The molecule has 0 bridgehead atoms. The number of nitrogens with one attached hydrogen (secondary N) is 1. The highest BCUT2D eigenvalue weighted by atomic mass is 35.5. The van der Waals surface area contributed by atoms with Gasteiger partial charge in [0.05, 0.1) is 7.11 Å². The van der Waals surface area contributed by atoms with E-state index in [1.807, 2.05) is 24.3 Å². The fourth-order valence-electron chi connectivity index (χ4n) is 2.66. The molecule has 0 fully saturated rings. The fraction of sp³-hybridized carbons (Fsp3) is 0.429. The number of methoxy groups -OCH3 is 1. The molecule has 26 heavy (non-hydrogen) atoms. The number of rotatable bonds is 10. The van der Waals surface area contributed by atoms with E-state index in [1.165, 1.54) is 5.56 Å². The summed E-state index contributed by atoms with van der Waals surface area (Å²) in [6.07, 6.45) is 1.10. The lowest BCUT2D eigenvalue weighted by Gasteiger charge is -2.15. The van der Waals surface area contributed by atoms with Crippen LogP contribution in [0.5, 0.6) is 11.5 Å². The lowest BCUT2D eigenvalue weighted by molar-refractivity contribution is 0.283. The Bertz CT molecular complexity index is 704. The van der Waals surface area contributed by atoms with E-state index in [4.69, 9.17) is 21.1 Å². The second-order valence-corrected chi connectivity index (χ2v) is 7.05. The highest BCUT2D eigenvalue weighted by Gasteiger charge is 2.11. The Kier molecular flexibility index (Phi) is 8.23. The molecule has 142 valence electrons. The average Bonchev–Trinajstić information content (AvgIpc) is 2.61. The summed E-state index contributed by atoms with van der Waals surface area (Å²) >= 11 is 6.45. The van der Waals surface area contributed by atoms with Gasteiger partial charge in [0.15, 0.2) is 11.5 Å². The Hall–Kier alpha value is -1.75. The van der Waals surface area contributed by atoms with Gasteiger partial charge in [0.1, 0.15) is 6.61 Å². The third kappa shape index (κ3) is 6.20. The summed E-state index contributed by atoms with van der Waals surface area (Å²) in [5, 5.41) is 4.11. The maximum atomic E-state index is 6.45. The molecule has 0 amide bonds. The zero-order valence-corrected chi connectivity index (χ0v) is 16.9. The Morgan fingerprint density at radius 1 is 1.08 bits per heavy atom. The van der Waals surface area contributed by atoms with Crippen LogP contribution < -0.4 is 14.8 Å². The van der Waals surface area contributed by atoms with Gasteiger partial charge >= 0.3 is 0 Å². The van der Waals surface area contributed by atoms with E-state index in [9.17, 15) is 0 Å². The fourth-order valence-corrected chi connectivity index (χ4v) is 2.88. The second kappa shape index (κ2) is 10.4. The summed E-state index contributed by atoms with van der Waals surface area (Å²) in [4.78, 5) is 2.18. The van der Waals surface area contributed by atoms with Crippen LogP contribution in [0.3, 0.4) is 0 Å². The quantitative estimate of drug-likeness (QED) is 0.627. The van der Waals surface area contributed by atoms with Crippen LogP contribution in [-0.2, 0) is 13.2 Å². The van der Waals surface area contributed by atoms with Crippen LogP contribution in [0.4, 0.5) is 0 Å². The molecule has 0 aliphatic heterocycles. The highest BCUT2D eigenvalue weighted by molar-refractivity contribution is 6.31. The number of ether oxygens (including phenoxy) is 2. The van der Waals surface area contributed by atoms with E-state index < -0.39 is 0 Å². The van der Waals surface area contributed by atoms with Crippen LogP contribution in [0.2, 0.25) is 5.02 Å². The minimum atomic E-state index is 0.488. The molecular formula is C21H29ClN2O2. The first-order chi connectivity index (χ1) is 12.5. The molecule has 0 saturated carbocycles. The molecule has 0 heterocycles. The van der Waals surface area contributed by atoms with E-state index in [2.05, 4.69) is 43.4 Å². The zero-order valence-electron chi connectivity index (χ0n) is 16.1. The first-order valence-electron chi connectivity index (χ1n) is 8.90. The topological polar surface area (TPSA) is 33.7 Å². The van der Waals surface area contributed by atoms with E-state index in [-0.39, 0.29) is 0 Å². The largest absolute Gasteiger partial charge is 0.493 e. The Morgan fingerprint density at radius 2 is 1.85 bits per heavy atom. The number of aryl methyl sites for hydroxylation is 1. The number of nitrogens with zero attached hydrogens (tertiary/aromatic N) is 1. The van der Waals surface area contributed by atoms with Gasteiger partial charge in [0.2, 0.25) is 0 Å². The summed E-state index contributed by atoms with van der Waals surface area (Å²) in [5.74, 6) is 1.37. The van der Waals surface area contributed by atoms with Crippen molar-refractivity contribution in [2.24, 2.45) is 0 Å². The summed E-state index contributed by atoms with van der Waals surface area (Å²) in [5.41, 5.74) is 3.37. The molecule has 0 unspecified atom stereocenters. The van der Waals surface area contributed by atoms with Gasteiger partial charge in [-0.1, -0.05) is 35.9 Å². The third-order valence-corrected chi connectivity index (χ3v) is 4.60. The predicted molar refractivity (Wildman–Crippen MR) is 108 cm³/mol. The zero-order chi connectivity index (χ0) is 18.9. The molecule has 2 aromatic rings. The van der Waals surface area contributed by atoms with Gasteiger partial charge in [0, 0.05) is 17.6 Å². The SMILES string of the molecule is COc1cc(CNCCCN(C)C)c(Cl)cc1OCc1ccccc1C. The van der Waals surface area contributed by atoms with Crippen molar-refractivity contribution in [1.29, 1.82) is 0 Å². The smallest absolute Gasteiger partial charge is 0.163 e. The summed E-state index contributed by atoms with van der Waals surface area (Å²) in [6, 6.07) is 12.0. The summed E-state index contributed by atoms with van der Waals surface area (Å²) < 4.78 is 11.5. The highest BCUT2D eigenvalue weighted by Crippen LogP contribution is 2.34. The van der Waals surface area contributed by atoms with Crippen molar-refractivity contribution in [3.05, 3.63) is 58.1 Å². The maximum absolute atomic E-state index is 6.45. The minimum absolute atomic E-state index is 0.488. The molecular weight excluding hydrogens is 348 g/mol. The normalized spacial score (nSPS) is 11.0. The minimum Gasteiger partial charge on any atom is -0.493 e. The van der Waals surface area contributed by atoms with Crippen LogP contribution >= 0.6 is 11.6 Å². The lowest BCUT2D eigenvalue weighted by Crippen LogP contribution is -2.21. The van der Waals surface area contributed by atoms with Crippen molar-refractivity contribution in [2.45, 2.75) is 26.5 Å². The van der Waals surface area contributed by atoms with Gasteiger partial charge in [-0.25, -0.2) is 0 Å². The van der Waals surface area contributed by atoms with Crippen molar-refractivity contribution in [2.75, 3.05) is 34.3 Å². The average molecular weight is 377 g/mol. The Labute approximate surface area is 162 Å². The van der Waals surface area contributed by atoms with E-state index >= 15 is 0 Å². The van der Waals surface area contributed by atoms with E-state index in [1.54, 1.807) is 7.11 Å². The summed E-state index contributed by atoms with van der Waals surface area (Å²) in [6.45, 7) is 5.29. The van der Waals surface area contributed by atoms with Gasteiger partial charge in [-0.05, 0) is 63.3 Å². The van der Waals surface area contributed by atoms with Crippen LogP contribution in [0.25, 0.3) is 0 Å². The van der Waals surface area contributed by atoms with Gasteiger partial charge in [-0.2, -0.15) is 0 Å². The number of hydrogen-bond donors (Lipinski definition) is 1. The molecule has 2 rings (SSSR count). The van der Waals surface area contributed by atoms with E-state index in [0.717, 1.165) is 30.6 Å². The van der Waals surface area contributed by atoms with Crippen molar-refractivity contribution < 1.29 is 9.47 Å². The van der Waals surface area contributed by atoms with Crippen LogP contribution in [0, 0.1) is 6.92 Å². The van der Waals surface area contributed by atoms with Gasteiger partial charge in [0.25, 0.3) is 0 Å². The molecule has 2 aromatic carbocycles. The standard InChI is InChI=1S/C21H29ClN2O2/c1-16-8-5-6-9-17(16)15-26-21-13-19(22)18(12-20(21)25-4)14-23-10-7-11-24(2)3/h5-6,8-9,12-13,23H,7,10-11,14-15H2,1-4H3. The molecule has 0 aliphatic carbocycles. The predicted octanol–water partition coefficient (Wildman–Crippen LogP) is 4.28. The lowest BCUT2D eigenvalue weighted by atomic mass is 10.1. The monoisotopic (exact) mass is 376 g/mol. The first kappa shape index (κ1) is 20.6. The molecule has 5 heteroatoms. The van der Waals surface area contributed by atoms with Crippen LogP contribution in [0.1, 0.15) is 23.1 Å². The molecule has 0 atom stereocenters. The second-order valence-electron chi connectivity index (χ2n) is 6.64. The van der Waals surface area contributed by atoms with Gasteiger partial charge in [-0.3, -0.25) is 0 Å². The van der Waals surface area contributed by atoms with E-state index in [0.29, 0.717) is 29.7 Å². The summed E-state index contributed by atoms with van der Waals surface area (Å²) in [7, 11) is 5.81.